The Labute approximate surface area is 188 Å². The molecule has 0 radical (unpaired) electrons. The van der Waals surface area contributed by atoms with E-state index in [2.05, 4.69) is 9.97 Å². The summed E-state index contributed by atoms with van der Waals surface area (Å²) in [7, 11) is -3.59. The third-order valence-corrected chi connectivity index (χ3v) is 7.67. The number of sulfone groups is 1. The van der Waals surface area contributed by atoms with Gasteiger partial charge >= 0.3 is 0 Å². The van der Waals surface area contributed by atoms with E-state index in [9.17, 15) is 18.0 Å². The van der Waals surface area contributed by atoms with Crippen molar-refractivity contribution in [1.82, 2.24) is 14.9 Å². The highest BCUT2D eigenvalue weighted by atomic mass is 32.2. The Hall–Kier alpha value is -3.01. The lowest BCUT2D eigenvalue weighted by Gasteiger charge is -2.34. The molecule has 1 fully saturated rings. The highest BCUT2D eigenvalue weighted by Crippen LogP contribution is 2.31. The summed E-state index contributed by atoms with van der Waals surface area (Å²) in [4.78, 5) is 38.8. The maximum Gasteiger partial charge on any atom is 0.226 e. The lowest BCUT2D eigenvalue weighted by atomic mass is 10.2. The maximum atomic E-state index is 12.9. The maximum absolute atomic E-state index is 12.9. The third-order valence-electron chi connectivity index (χ3n) is 5.96. The molecule has 2 aliphatic rings. The van der Waals surface area contributed by atoms with Gasteiger partial charge in [-0.1, -0.05) is 6.92 Å². The van der Waals surface area contributed by atoms with Crippen LogP contribution in [0, 0.1) is 0 Å². The van der Waals surface area contributed by atoms with Gasteiger partial charge in [-0.25, -0.2) is 18.4 Å². The van der Waals surface area contributed by atoms with E-state index in [-0.39, 0.29) is 28.9 Å². The first-order valence-electron chi connectivity index (χ1n) is 10.8. The molecule has 0 atom stereocenters. The largest absolute Gasteiger partial charge is 0.339 e. The predicted molar refractivity (Wildman–Crippen MR) is 120 cm³/mol. The summed E-state index contributed by atoms with van der Waals surface area (Å²) in [5.74, 6) is 0.273. The molecule has 0 spiro atoms. The number of hydrogen-bond donors (Lipinski definition) is 0. The summed E-state index contributed by atoms with van der Waals surface area (Å²) >= 11 is 0. The number of rotatable bonds is 6. The van der Waals surface area contributed by atoms with Crippen LogP contribution < -0.4 is 9.80 Å². The zero-order valence-electron chi connectivity index (χ0n) is 18.1. The third kappa shape index (κ3) is 4.59. The molecule has 0 unspecified atom stereocenters. The number of amides is 2. The minimum atomic E-state index is -3.59. The van der Waals surface area contributed by atoms with Crippen LogP contribution in [0.15, 0.2) is 41.6 Å². The molecule has 1 aromatic carbocycles. The van der Waals surface area contributed by atoms with Crippen LogP contribution in [0.3, 0.4) is 0 Å². The van der Waals surface area contributed by atoms with Crippen molar-refractivity contribution in [1.29, 1.82) is 0 Å². The number of anilines is 2. The molecule has 0 aliphatic carbocycles. The van der Waals surface area contributed by atoms with Gasteiger partial charge in [0.25, 0.3) is 0 Å². The van der Waals surface area contributed by atoms with Crippen molar-refractivity contribution in [2.75, 3.05) is 48.3 Å². The normalized spacial score (nSPS) is 16.2. The van der Waals surface area contributed by atoms with Gasteiger partial charge in [-0.15, -0.1) is 0 Å². The van der Waals surface area contributed by atoms with Gasteiger partial charge in [0.15, 0.2) is 9.84 Å². The van der Waals surface area contributed by atoms with E-state index in [4.69, 9.17) is 0 Å². The molecule has 0 bridgehead atoms. The Bertz CT molecular complexity index is 1100. The molecule has 4 rings (SSSR count). The van der Waals surface area contributed by atoms with Crippen LogP contribution in [0.5, 0.6) is 0 Å². The standard InChI is InChI=1S/C22H27N5O4S/c1-2-20(28)27-10-6-17-16-18(4-5-19(17)27)32(30,31)15-7-21(29)25-11-13-26(14-12-25)22-23-8-3-9-24-22/h3-5,8-9,16H,2,6-7,10-15H2,1H3. The van der Waals surface area contributed by atoms with Gasteiger partial charge < -0.3 is 14.7 Å². The molecule has 0 saturated carbocycles. The second-order valence-electron chi connectivity index (χ2n) is 7.92. The van der Waals surface area contributed by atoms with E-state index in [0.717, 1.165) is 11.3 Å². The van der Waals surface area contributed by atoms with Crippen LogP contribution in [-0.2, 0) is 25.8 Å². The molecule has 170 valence electrons. The Morgan fingerprint density at radius 1 is 1.00 bits per heavy atom. The number of hydrogen-bond acceptors (Lipinski definition) is 7. The number of nitrogens with zero attached hydrogens (tertiary/aromatic N) is 5. The van der Waals surface area contributed by atoms with Crippen LogP contribution in [0.4, 0.5) is 11.6 Å². The summed E-state index contributed by atoms with van der Waals surface area (Å²) in [5.41, 5.74) is 1.64. The van der Waals surface area contributed by atoms with E-state index in [1.54, 1.807) is 46.5 Å². The van der Waals surface area contributed by atoms with Gasteiger partial charge in [0.1, 0.15) is 0 Å². The Balaban J connectivity index is 1.34. The quantitative estimate of drug-likeness (QED) is 0.644. The second kappa shape index (κ2) is 9.23. The second-order valence-corrected chi connectivity index (χ2v) is 10.0. The van der Waals surface area contributed by atoms with Gasteiger partial charge in [0.05, 0.1) is 10.6 Å². The number of benzene rings is 1. The Kier molecular flexibility index (Phi) is 6.40. The topological polar surface area (TPSA) is 104 Å². The molecule has 1 aromatic heterocycles. The first-order valence-corrected chi connectivity index (χ1v) is 12.5. The van der Waals surface area contributed by atoms with Crippen LogP contribution in [-0.4, -0.2) is 73.6 Å². The first kappa shape index (κ1) is 22.2. The summed E-state index contributed by atoms with van der Waals surface area (Å²) < 4.78 is 25.7. The first-order chi connectivity index (χ1) is 15.4. The zero-order chi connectivity index (χ0) is 22.7. The molecule has 9 nitrogen and oxygen atoms in total. The molecule has 0 N–H and O–H groups in total. The molecule has 2 aliphatic heterocycles. The predicted octanol–water partition coefficient (Wildman–Crippen LogP) is 1.29. The van der Waals surface area contributed by atoms with E-state index in [0.29, 0.717) is 51.5 Å². The summed E-state index contributed by atoms with van der Waals surface area (Å²) in [5, 5.41) is 0. The number of carbonyl (C=O) groups is 2. The summed E-state index contributed by atoms with van der Waals surface area (Å²) in [6.07, 6.45) is 4.36. The van der Waals surface area contributed by atoms with E-state index < -0.39 is 9.84 Å². The fourth-order valence-corrected chi connectivity index (χ4v) is 5.41. The molecular weight excluding hydrogens is 430 g/mol. The van der Waals surface area contributed by atoms with Crippen molar-refractivity contribution in [3.8, 4) is 0 Å². The average Bonchev–Trinajstić information content (AvgIpc) is 3.26. The highest BCUT2D eigenvalue weighted by molar-refractivity contribution is 7.91. The molecule has 3 heterocycles. The zero-order valence-corrected chi connectivity index (χ0v) is 18.9. The number of aromatic nitrogens is 2. The Morgan fingerprint density at radius 3 is 2.41 bits per heavy atom. The van der Waals surface area contributed by atoms with Crippen LogP contribution in [0.2, 0.25) is 0 Å². The van der Waals surface area contributed by atoms with E-state index in [1.807, 2.05) is 11.8 Å². The number of fused-ring (bicyclic) bond motifs is 1. The fourth-order valence-electron chi connectivity index (χ4n) is 4.13. The minimum Gasteiger partial charge on any atom is -0.339 e. The molecule has 2 amide bonds. The van der Waals surface area contributed by atoms with Crippen molar-refractivity contribution < 1.29 is 18.0 Å². The van der Waals surface area contributed by atoms with Crippen molar-refractivity contribution in [3.63, 3.8) is 0 Å². The van der Waals surface area contributed by atoms with E-state index in [1.165, 1.54) is 0 Å². The van der Waals surface area contributed by atoms with Gasteiger partial charge in [0.2, 0.25) is 17.8 Å². The van der Waals surface area contributed by atoms with Crippen LogP contribution in [0.1, 0.15) is 25.3 Å². The SMILES string of the molecule is CCC(=O)N1CCc2cc(S(=O)(=O)CCC(=O)N3CCN(c4ncccn4)CC3)ccc21. The summed E-state index contributed by atoms with van der Waals surface area (Å²) in [6, 6.07) is 6.65. The lowest BCUT2D eigenvalue weighted by Crippen LogP contribution is -2.49. The molecule has 32 heavy (non-hydrogen) atoms. The number of piperazine rings is 1. The highest BCUT2D eigenvalue weighted by Gasteiger charge is 2.27. The van der Waals surface area contributed by atoms with E-state index >= 15 is 0 Å². The van der Waals surface area contributed by atoms with Gasteiger partial charge in [-0.05, 0) is 36.2 Å². The lowest BCUT2D eigenvalue weighted by molar-refractivity contribution is -0.131. The summed E-state index contributed by atoms with van der Waals surface area (Å²) in [6.45, 7) is 4.63. The van der Waals surface area contributed by atoms with Gasteiger partial charge in [0, 0.05) is 63.6 Å². The number of carbonyl (C=O) groups excluding carboxylic acids is 2. The molecular formula is C22H27N5O4S. The monoisotopic (exact) mass is 457 g/mol. The van der Waals surface area contributed by atoms with Crippen molar-refractivity contribution in [2.24, 2.45) is 0 Å². The van der Waals surface area contributed by atoms with Gasteiger partial charge in [-0.3, -0.25) is 9.59 Å². The molecule has 10 heteroatoms. The Morgan fingerprint density at radius 2 is 1.72 bits per heavy atom. The van der Waals surface area contributed by atoms with Crippen molar-refractivity contribution in [3.05, 3.63) is 42.2 Å². The molecule has 1 saturated heterocycles. The van der Waals surface area contributed by atoms with Crippen molar-refractivity contribution >= 4 is 33.3 Å². The van der Waals surface area contributed by atoms with Crippen molar-refractivity contribution in [2.45, 2.75) is 31.1 Å². The average molecular weight is 458 g/mol. The molecule has 2 aromatic rings. The van der Waals surface area contributed by atoms with Gasteiger partial charge in [-0.2, -0.15) is 0 Å². The van der Waals surface area contributed by atoms with Crippen LogP contribution in [0.25, 0.3) is 0 Å². The minimum absolute atomic E-state index is 0.0314. The smallest absolute Gasteiger partial charge is 0.226 e. The fraction of sp³-hybridized carbons (Fsp3) is 0.455. The van der Waals surface area contributed by atoms with Crippen LogP contribution >= 0.6 is 0 Å².